The predicted octanol–water partition coefficient (Wildman–Crippen LogP) is 4.61. The third-order valence-electron chi connectivity index (χ3n) is 3.14. The molecule has 0 bridgehead atoms. The van der Waals surface area contributed by atoms with Gasteiger partial charge < -0.3 is 9.64 Å². The summed E-state index contributed by atoms with van der Waals surface area (Å²) in [6.45, 7) is 6.50. The molecule has 3 nitrogen and oxygen atoms in total. The Balaban J connectivity index is 2.07. The van der Waals surface area contributed by atoms with Gasteiger partial charge in [0.25, 0.3) is 0 Å². The van der Waals surface area contributed by atoms with Crippen LogP contribution in [0, 0.1) is 5.82 Å². The van der Waals surface area contributed by atoms with Gasteiger partial charge in [0.2, 0.25) is 0 Å². The first kappa shape index (κ1) is 16.0. The molecule has 0 spiro atoms. The number of hydrogen-bond acceptors (Lipinski definition) is 2. The topological polar surface area (TPSA) is 29.5 Å². The van der Waals surface area contributed by atoms with E-state index in [0.717, 1.165) is 10.0 Å². The highest BCUT2D eigenvalue weighted by molar-refractivity contribution is 9.10. The van der Waals surface area contributed by atoms with E-state index in [1.807, 2.05) is 32.9 Å². The number of carbonyl (C=O) groups is 1. The highest BCUT2D eigenvalue weighted by Crippen LogP contribution is 2.27. The molecule has 2 rings (SSSR count). The first-order valence-corrected chi connectivity index (χ1v) is 7.68. The molecule has 0 unspecified atom stereocenters. The van der Waals surface area contributed by atoms with Gasteiger partial charge in [0.15, 0.2) is 0 Å². The van der Waals surface area contributed by atoms with Gasteiger partial charge in [-0.15, -0.1) is 0 Å². The first-order chi connectivity index (χ1) is 9.76. The fourth-order valence-electron chi connectivity index (χ4n) is 2.16. The quantitative estimate of drug-likeness (QED) is 0.735. The van der Waals surface area contributed by atoms with Gasteiger partial charge in [0, 0.05) is 23.1 Å². The van der Waals surface area contributed by atoms with E-state index in [9.17, 15) is 9.18 Å². The van der Waals surface area contributed by atoms with Crippen molar-refractivity contribution in [2.24, 2.45) is 0 Å². The minimum absolute atomic E-state index is 0.249. The maximum absolute atomic E-state index is 13.9. The molecule has 1 aliphatic heterocycles. The molecule has 0 radical (unpaired) electrons. The first-order valence-electron chi connectivity index (χ1n) is 6.88. The second kappa shape index (κ2) is 6.18. The molecule has 114 valence electrons. The van der Waals surface area contributed by atoms with E-state index < -0.39 is 5.60 Å². The number of benzene rings is 1. The molecule has 0 saturated heterocycles. The van der Waals surface area contributed by atoms with Crippen molar-refractivity contribution in [2.75, 3.05) is 13.1 Å². The van der Waals surface area contributed by atoms with Crippen molar-refractivity contribution in [2.45, 2.75) is 32.8 Å². The lowest BCUT2D eigenvalue weighted by Gasteiger charge is -2.29. The molecule has 0 fully saturated rings. The summed E-state index contributed by atoms with van der Waals surface area (Å²) < 4.78 is 20.0. The zero-order valence-corrected chi connectivity index (χ0v) is 14.0. The molecule has 1 aromatic rings. The molecule has 0 N–H and O–H groups in total. The lowest BCUT2D eigenvalue weighted by atomic mass is 9.99. The number of hydrogen-bond donors (Lipinski definition) is 0. The minimum Gasteiger partial charge on any atom is -0.444 e. The Morgan fingerprint density at radius 2 is 2.10 bits per heavy atom. The second-order valence-corrected chi connectivity index (χ2v) is 6.95. The largest absolute Gasteiger partial charge is 0.444 e. The Kier molecular flexibility index (Phi) is 4.71. The van der Waals surface area contributed by atoms with Gasteiger partial charge in [-0.25, -0.2) is 9.18 Å². The van der Waals surface area contributed by atoms with E-state index in [4.69, 9.17) is 4.74 Å². The maximum Gasteiger partial charge on any atom is 0.410 e. The van der Waals surface area contributed by atoms with Gasteiger partial charge in [0.1, 0.15) is 11.4 Å². The van der Waals surface area contributed by atoms with Crippen molar-refractivity contribution in [3.8, 4) is 0 Å². The molecule has 0 atom stereocenters. The van der Waals surface area contributed by atoms with E-state index in [2.05, 4.69) is 15.9 Å². The Hall–Kier alpha value is -1.36. The molecule has 5 heteroatoms. The molecule has 0 saturated carbocycles. The van der Waals surface area contributed by atoms with Crippen LogP contribution < -0.4 is 0 Å². The lowest BCUT2D eigenvalue weighted by Crippen LogP contribution is -2.39. The highest BCUT2D eigenvalue weighted by Gasteiger charge is 2.24. The number of ether oxygens (including phenoxy) is 1. The van der Waals surface area contributed by atoms with Crippen LogP contribution in [0.15, 0.2) is 28.7 Å². The molecule has 1 amide bonds. The van der Waals surface area contributed by atoms with Gasteiger partial charge in [0.05, 0.1) is 0 Å². The van der Waals surface area contributed by atoms with Crippen LogP contribution in [0.4, 0.5) is 9.18 Å². The molecular weight excluding hydrogens is 337 g/mol. The van der Waals surface area contributed by atoms with Crippen LogP contribution in [-0.4, -0.2) is 29.7 Å². The predicted molar refractivity (Wildman–Crippen MR) is 84.5 cm³/mol. The van der Waals surface area contributed by atoms with Crippen molar-refractivity contribution in [3.63, 3.8) is 0 Å². The van der Waals surface area contributed by atoms with E-state index in [1.54, 1.807) is 11.0 Å². The molecule has 1 heterocycles. The van der Waals surface area contributed by atoms with Gasteiger partial charge in [-0.1, -0.05) is 28.1 Å². The number of rotatable bonds is 1. The third-order valence-corrected chi connectivity index (χ3v) is 3.63. The highest BCUT2D eigenvalue weighted by atomic mass is 79.9. The van der Waals surface area contributed by atoms with Crippen molar-refractivity contribution >= 4 is 27.6 Å². The number of carbonyl (C=O) groups excluding carboxylic acids is 1. The Morgan fingerprint density at radius 3 is 2.62 bits per heavy atom. The average molecular weight is 356 g/mol. The van der Waals surface area contributed by atoms with Gasteiger partial charge in [-0.05, 0) is 44.9 Å². The summed E-state index contributed by atoms with van der Waals surface area (Å²) in [6, 6.07) is 5.03. The Bertz CT molecular complexity index is 578. The summed E-state index contributed by atoms with van der Waals surface area (Å²) >= 11 is 3.25. The molecule has 1 aromatic carbocycles. The summed E-state index contributed by atoms with van der Waals surface area (Å²) in [4.78, 5) is 13.6. The van der Waals surface area contributed by atoms with E-state index in [1.165, 1.54) is 6.07 Å². The zero-order valence-electron chi connectivity index (χ0n) is 12.5. The summed E-state index contributed by atoms with van der Waals surface area (Å²) in [6.07, 6.45) is 2.19. The van der Waals surface area contributed by atoms with Crippen molar-refractivity contribution in [3.05, 3.63) is 40.1 Å². The maximum atomic E-state index is 13.9. The molecular formula is C16H19BrFNO2. The van der Waals surface area contributed by atoms with Gasteiger partial charge >= 0.3 is 6.09 Å². The van der Waals surface area contributed by atoms with Crippen molar-refractivity contribution < 1.29 is 13.9 Å². The zero-order chi connectivity index (χ0) is 15.6. The summed E-state index contributed by atoms with van der Waals surface area (Å²) in [5.74, 6) is -0.249. The molecule has 0 aliphatic carbocycles. The average Bonchev–Trinajstić information content (AvgIpc) is 2.37. The standard InChI is InChI=1S/C16H19BrFNO2/c1-16(2,3)21-15(20)19-8-6-11(7-9-19)13-5-4-12(17)10-14(13)18/h4-6,10H,7-9H2,1-3H3. The van der Waals surface area contributed by atoms with Crippen LogP contribution in [0.5, 0.6) is 0 Å². The number of nitrogens with zero attached hydrogens (tertiary/aromatic N) is 1. The Morgan fingerprint density at radius 1 is 1.38 bits per heavy atom. The van der Waals surface area contributed by atoms with Gasteiger partial charge in [-0.2, -0.15) is 0 Å². The third kappa shape index (κ3) is 4.30. The van der Waals surface area contributed by atoms with Crippen molar-refractivity contribution in [1.82, 2.24) is 4.90 Å². The Labute approximate surface area is 132 Å². The van der Waals surface area contributed by atoms with Crippen LogP contribution in [0.2, 0.25) is 0 Å². The minimum atomic E-state index is -0.501. The van der Waals surface area contributed by atoms with E-state index in [0.29, 0.717) is 25.1 Å². The molecule has 1 aliphatic rings. The molecule has 21 heavy (non-hydrogen) atoms. The van der Waals surface area contributed by atoms with E-state index >= 15 is 0 Å². The van der Waals surface area contributed by atoms with Gasteiger partial charge in [-0.3, -0.25) is 0 Å². The second-order valence-electron chi connectivity index (χ2n) is 6.03. The van der Waals surface area contributed by atoms with Crippen LogP contribution in [0.1, 0.15) is 32.8 Å². The van der Waals surface area contributed by atoms with Crippen LogP contribution >= 0.6 is 15.9 Å². The van der Waals surface area contributed by atoms with Crippen molar-refractivity contribution in [1.29, 1.82) is 0 Å². The number of amides is 1. The smallest absolute Gasteiger partial charge is 0.410 e. The lowest BCUT2D eigenvalue weighted by molar-refractivity contribution is 0.0270. The summed E-state index contributed by atoms with van der Waals surface area (Å²) in [7, 11) is 0. The summed E-state index contributed by atoms with van der Waals surface area (Å²) in [5.41, 5.74) is 1.03. The van der Waals surface area contributed by atoms with Crippen LogP contribution in [-0.2, 0) is 4.74 Å². The SMILES string of the molecule is CC(C)(C)OC(=O)N1CC=C(c2ccc(Br)cc2F)CC1. The summed E-state index contributed by atoms with van der Waals surface area (Å²) in [5, 5.41) is 0. The van der Waals surface area contributed by atoms with E-state index in [-0.39, 0.29) is 11.9 Å². The van der Waals surface area contributed by atoms with Crippen LogP contribution in [0.3, 0.4) is 0 Å². The fraction of sp³-hybridized carbons (Fsp3) is 0.438. The normalized spacial score (nSPS) is 15.7. The van der Waals surface area contributed by atoms with Crippen LogP contribution in [0.25, 0.3) is 5.57 Å². The monoisotopic (exact) mass is 355 g/mol. The molecule has 0 aromatic heterocycles. The fourth-order valence-corrected chi connectivity index (χ4v) is 2.49. The number of halogens is 2.